The molecular formula is C31H22Br2N2O3. The van der Waals surface area contributed by atoms with E-state index in [2.05, 4.69) is 41.8 Å². The molecule has 0 amide bonds. The summed E-state index contributed by atoms with van der Waals surface area (Å²) in [5.74, 6) is 0.139. The van der Waals surface area contributed by atoms with Gasteiger partial charge in [-0.3, -0.25) is 9.59 Å². The lowest BCUT2D eigenvalue weighted by molar-refractivity contribution is -0.112. The van der Waals surface area contributed by atoms with Crippen LogP contribution in [0.3, 0.4) is 0 Å². The summed E-state index contributed by atoms with van der Waals surface area (Å²) >= 11 is 7.11. The van der Waals surface area contributed by atoms with Crippen molar-refractivity contribution in [2.75, 3.05) is 7.11 Å². The molecule has 0 atom stereocenters. The second kappa shape index (κ2) is 9.26. The summed E-state index contributed by atoms with van der Waals surface area (Å²) in [7, 11) is 1.60. The molecule has 5 aromatic rings. The molecule has 0 saturated heterocycles. The van der Waals surface area contributed by atoms with Gasteiger partial charge in [-0.1, -0.05) is 48.0 Å². The van der Waals surface area contributed by atoms with E-state index >= 15 is 0 Å². The van der Waals surface area contributed by atoms with E-state index in [0.29, 0.717) is 28.0 Å². The molecule has 2 heterocycles. The van der Waals surface area contributed by atoms with Gasteiger partial charge >= 0.3 is 0 Å². The highest BCUT2D eigenvalue weighted by Crippen LogP contribution is 2.47. The van der Waals surface area contributed by atoms with E-state index in [9.17, 15) is 9.59 Å². The average molecular weight is 630 g/mol. The first kappa shape index (κ1) is 24.6. The maximum Gasteiger partial charge on any atom is 0.202 e. The number of H-pyrrole nitrogens is 2. The van der Waals surface area contributed by atoms with Gasteiger partial charge in [-0.25, -0.2) is 0 Å². The van der Waals surface area contributed by atoms with Gasteiger partial charge < -0.3 is 14.7 Å². The molecule has 0 spiro atoms. The Bertz CT molecular complexity index is 1870. The predicted molar refractivity (Wildman–Crippen MR) is 160 cm³/mol. The van der Waals surface area contributed by atoms with Gasteiger partial charge in [0.2, 0.25) is 11.6 Å². The molecule has 5 nitrogen and oxygen atoms in total. The number of halogens is 2. The van der Waals surface area contributed by atoms with Crippen LogP contribution in [0.1, 0.15) is 22.4 Å². The Hall–Kier alpha value is -3.68. The van der Waals surface area contributed by atoms with Gasteiger partial charge in [0.25, 0.3) is 0 Å². The second-order valence-corrected chi connectivity index (χ2v) is 10.9. The molecule has 2 N–H and O–H groups in total. The zero-order valence-electron chi connectivity index (χ0n) is 20.8. The van der Waals surface area contributed by atoms with Crippen molar-refractivity contribution in [3.63, 3.8) is 0 Å². The molecule has 0 radical (unpaired) electrons. The van der Waals surface area contributed by atoms with E-state index in [-0.39, 0.29) is 20.5 Å². The van der Waals surface area contributed by atoms with Crippen LogP contribution in [0, 0.1) is 13.8 Å². The lowest BCUT2D eigenvalue weighted by Crippen LogP contribution is -2.19. The van der Waals surface area contributed by atoms with Crippen molar-refractivity contribution in [3.05, 3.63) is 98.1 Å². The number of para-hydroxylation sites is 1. The van der Waals surface area contributed by atoms with Crippen LogP contribution in [-0.4, -0.2) is 28.6 Å². The van der Waals surface area contributed by atoms with E-state index in [1.54, 1.807) is 7.11 Å². The highest BCUT2D eigenvalue weighted by molar-refractivity contribution is 9.12. The van der Waals surface area contributed by atoms with Crippen molar-refractivity contribution >= 4 is 76.4 Å². The fraction of sp³-hybridized carbons (Fsp3) is 0.0968. The Morgan fingerprint density at radius 1 is 0.711 bits per heavy atom. The van der Waals surface area contributed by atoms with Gasteiger partial charge in [0.1, 0.15) is 5.75 Å². The first-order chi connectivity index (χ1) is 18.3. The topological polar surface area (TPSA) is 75.0 Å². The van der Waals surface area contributed by atoms with Crippen LogP contribution in [-0.2, 0) is 9.59 Å². The normalized spacial score (nSPS) is 14.3. The van der Waals surface area contributed by atoms with Crippen molar-refractivity contribution in [2.45, 2.75) is 13.8 Å². The number of allylic oxidation sites excluding steroid dienone is 4. The number of carbonyl (C=O) groups excluding carboxylic acids is 2. The Labute approximate surface area is 235 Å². The van der Waals surface area contributed by atoms with Crippen LogP contribution in [0.5, 0.6) is 5.75 Å². The van der Waals surface area contributed by atoms with Crippen LogP contribution >= 0.6 is 31.9 Å². The molecule has 0 saturated carbocycles. The fourth-order valence-electron chi connectivity index (χ4n) is 5.19. The van der Waals surface area contributed by atoms with E-state index in [0.717, 1.165) is 44.3 Å². The highest BCUT2D eigenvalue weighted by Gasteiger charge is 2.37. The number of aromatic nitrogens is 2. The van der Waals surface area contributed by atoms with Crippen molar-refractivity contribution < 1.29 is 14.3 Å². The standard InChI is InChI=1S/C31H22Br2N2O3/c1-15-8-10-17(11-9-15)29-24(19-6-4-5-7-21(19)35-29)26-28(33)30(36)25(27(32)31(26)37)23-16(2)34-22-13-12-18(38-3)14-20(22)23/h4-14,34-35H,1-3H3. The fourth-order valence-corrected chi connectivity index (χ4v) is 6.34. The maximum atomic E-state index is 14.1. The number of fused-ring (bicyclic) bond motifs is 2. The van der Waals surface area contributed by atoms with Crippen LogP contribution in [0.2, 0.25) is 0 Å². The van der Waals surface area contributed by atoms with Crippen LogP contribution in [0.4, 0.5) is 0 Å². The molecule has 0 unspecified atom stereocenters. The summed E-state index contributed by atoms with van der Waals surface area (Å²) in [4.78, 5) is 35.0. The molecule has 3 aromatic carbocycles. The third-order valence-electron chi connectivity index (χ3n) is 7.03. The molecule has 1 aliphatic carbocycles. The lowest BCUT2D eigenvalue weighted by Gasteiger charge is -2.20. The van der Waals surface area contributed by atoms with Crippen LogP contribution in [0.25, 0.3) is 44.2 Å². The van der Waals surface area contributed by atoms with Crippen LogP contribution < -0.4 is 4.74 Å². The predicted octanol–water partition coefficient (Wildman–Crippen LogP) is 8.01. The number of hydrogen-bond acceptors (Lipinski definition) is 3. The summed E-state index contributed by atoms with van der Waals surface area (Å²) in [6.07, 6.45) is 0. The number of benzene rings is 3. The second-order valence-electron chi connectivity index (χ2n) is 9.36. The molecule has 0 bridgehead atoms. The smallest absolute Gasteiger partial charge is 0.202 e. The minimum absolute atomic E-state index is 0.229. The molecular weight excluding hydrogens is 608 g/mol. The van der Waals surface area contributed by atoms with Gasteiger partial charge in [0.05, 0.1) is 32.9 Å². The minimum atomic E-state index is -0.265. The Balaban J connectivity index is 1.59. The largest absolute Gasteiger partial charge is 0.497 e. The number of rotatable bonds is 4. The number of nitrogens with one attached hydrogen (secondary N) is 2. The Morgan fingerprint density at radius 3 is 2.03 bits per heavy atom. The first-order valence-corrected chi connectivity index (χ1v) is 13.6. The van der Waals surface area contributed by atoms with Crippen molar-refractivity contribution in [1.29, 1.82) is 0 Å². The zero-order valence-corrected chi connectivity index (χ0v) is 24.0. The van der Waals surface area contributed by atoms with Gasteiger partial charge in [-0.2, -0.15) is 0 Å². The average Bonchev–Trinajstić information content (AvgIpc) is 3.45. The number of methoxy groups -OCH3 is 1. The van der Waals surface area contributed by atoms with Gasteiger partial charge in [0.15, 0.2) is 0 Å². The summed E-state index contributed by atoms with van der Waals surface area (Å²) in [5, 5.41) is 1.68. The molecule has 38 heavy (non-hydrogen) atoms. The molecule has 0 fully saturated rings. The third-order valence-corrected chi connectivity index (χ3v) is 8.54. The minimum Gasteiger partial charge on any atom is -0.497 e. The molecule has 2 aromatic heterocycles. The number of carbonyl (C=O) groups is 2. The number of ether oxygens (including phenoxy) is 1. The molecule has 188 valence electrons. The first-order valence-electron chi connectivity index (χ1n) is 12.0. The van der Waals surface area contributed by atoms with E-state index < -0.39 is 0 Å². The number of aromatic amines is 2. The van der Waals surface area contributed by atoms with Crippen molar-refractivity contribution in [3.8, 4) is 17.0 Å². The number of Topliss-reactive ketones (excluding diaryl/α,β-unsaturated/α-hetero) is 2. The summed E-state index contributed by atoms with van der Waals surface area (Å²) in [5.41, 5.74) is 7.41. The summed E-state index contributed by atoms with van der Waals surface area (Å²) in [6, 6.07) is 21.6. The van der Waals surface area contributed by atoms with Crippen molar-refractivity contribution in [1.82, 2.24) is 9.97 Å². The number of aryl methyl sites for hydroxylation is 2. The third kappa shape index (κ3) is 3.72. The summed E-state index contributed by atoms with van der Waals surface area (Å²) in [6.45, 7) is 3.93. The zero-order chi connectivity index (χ0) is 26.7. The lowest BCUT2D eigenvalue weighted by atomic mass is 9.86. The van der Waals surface area contributed by atoms with Gasteiger partial charge in [-0.15, -0.1) is 0 Å². The SMILES string of the molecule is COc1ccc2[nH]c(C)c(C3=C(Br)C(=O)C(c4c(-c5ccc(C)cc5)[nH]c5ccccc45)=C(Br)C3=O)c2c1. The Morgan fingerprint density at radius 2 is 1.34 bits per heavy atom. The highest BCUT2D eigenvalue weighted by atomic mass is 79.9. The quantitative estimate of drug-likeness (QED) is 0.198. The van der Waals surface area contributed by atoms with E-state index in [1.807, 2.05) is 80.6 Å². The summed E-state index contributed by atoms with van der Waals surface area (Å²) < 4.78 is 5.88. The van der Waals surface area contributed by atoms with Crippen molar-refractivity contribution in [2.24, 2.45) is 0 Å². The monoisotopic (exact) mass is 628 g/mol. The van der Waals surface area contributed by atoms with Gasteiger partial charge in [-0.05, 0) is 75.5 Å². The molecule has 6 rings (SSSR count). The Kier molecular flexibility index (Phi) is 6.00. The molecule has 1 aliphatic rings. The molecule has 0 aliphatic heterocycles. The maximum absolute atomic E-state index is 14.1. The van der Waals surface area contributed by atoms with Gasteiger partial charge in [0, 0.05) is 38.6 Å². The van der Waals surface area contributed by atoms with E-state index in [4.69, 9.17) is 4.74 Å². The van der Waals surface area contributed by atoms with Crippen LogP contribution in [0.15, 0.2) is 75.7 Å². The number of ketones is 2. The molecule has 7 heteroatoms. The number of hydrogen-bond donors (Lipinski definition) is 2. The van der Waals surface area contributed by atoms with E-state index in [1.165, 1.54) is 0 Å².